The third kappa shape index (κ3) is 7.82. The van der Waals surface area contributed by atoms with E-state index in [-0.39, 0.29) is 39.1 Å². The average molecular weight is 617 g/mol. The summed E-state index contributed by atoms with van der Waals surface area (Å²) >= 11 is 12.4. The first-order valence-electron chi connectivity index (χ1n) is 13.7. The zero-order chi connectivity index (χ0) is 29.6. The molecule has 218 valence electrons. The molecule has 0 bridgehead atoms. The van der Waals surface area contributed by atoms with Gasteiger partial charge in [-0.2, -0.15) is 0 Å². The summed E-state index contributed by atoms with van der Waals surface area (Å²) in [5.41, 5.74) is 2.08. The standard InChI is InChI=1S/C31H35Cl2N3O4S/c1-22-13-15-24(16-14-22)20-35(23(2)31(38)34-25-9-5-3-6-10-25)30(37)21-36(26-17-18-28(32)29(33)19-26)41(39,40)27-11-7-4-8-12-27/h4,7-8,11-19,23,25H,3,5-6,9-10,20-21H2,1-2H3,(H,34,38)/t23-/m0/s1. The fourth-order valence-electron chi connectivity index (χ4n) is 4.93. The van der Waals surface area contributed by atoms with Gasteiger partial charge in [0.05, 0.1) is 20.6 Å². The van der Waals surface area contributed by atoms with Gasteiger partial charge in [-0.3, -0.25) is 13.9 Å². The summed E-state index contributed by atoms with van der Waals surface area (Å²) in [5.74, 6) is -0.785. The molecule has 7 nitrogen and oxygen atoms in total. The summed E-state index contributed by atoms with van der Waals surface area (Å²) in [6.45, 7) is 3.25. The van der Waals surface area contributed by atoms with Crippen LogP contribution in [0.15, 0.2) is 77.7 Å². The van der Waals surface area contributed by atoms with Crippen molar-refractivity contribution >= 4 is 50.7 Å². The van der Waals surface area contributed by atoms with Gasteiger partial charge >= 0.3 is 0 Å². The molecule has 4 rings (SSSR count). The molecule has 3 aromatic carbocycles. The number of benzene rings is 3. The predicted molar refractivity (Wildman–Crippen MR) is 164 cm³/mol. The highest BCUT2D eigenvalue weighted by Crippen LogP contribution is 2.31. The number of carbonyl (C=O) groups is 2. The lowest BCUT2D eigenvalue weighted by atomic mass is 9.95. The van der Waals surface area contributed by atoms with Crippen LogP contribution < -0.4 is 9.62 Å². The van der Waals surface area contributed by atoms with Crippen LogP contribution in [0.2, 0.25) is 10.0 Å². The minimum absolute atomic E-state index is 0.0204. The molecule has 2 amide bonds. The summed E-state index contributed by atoms with van der Waals surface area (Å²) in [5, 5.41) is 3.52. The topological polar surface area (TPSA) is 86.8 Å². The van der Waals surface area contributed by atoms with E-state index in [0.717, 1.165) is 47.5 Å². The number of hydrogen-bond acceptors (Lipinski definition) is 4. The second-order valence-corrected chi connectivity index (χ2v) is 13.1. The Morgan fingerprint density at radius 1 is 0.927 bits per heavy atom. The molecule has 0 spiro atoms. The predicted octanol–water partition coefficient (Wildman–Crippen LogP) is 6.36. The van der Waals surface area contributed by atoms with Crippen LogP contribution in [0.4, 0.5) is 5.69 Å². The van der Waals surface area contributed by atoms with E-state index in [1.165, 1.54) is 35.2 Å². The van der Waals surface area contributed by atoms with E-state index in [1.807, 2.05) is 31.2 Å². The monoisotopic (exact) mass is 615 g/mol. The summed E-state index contributed by atoms with van der Waals surface area (Å²) in [7, 11) is -4.18. The Labute approximate surface area is 252 Å². The van der Waals surface area contributed by atoms with E-state index in [0.29, 0.717) is 0 Å². The molecule has 0 radical (unpaired) electrons. The second-order valence-electron chi connectivity index (χ2n) is 10.4. The second kappa shape index (κ2) is 13.7. The van der Waals surface area contributed by atoms with Crippen LogP contribution in [0.1, 0.15) is 50.2 Å². The molecule has 1 fully saturated rings. The van der Waals surface area contributed by atoms with E-state index in [9.17, 15) is 18.0 Å². The van der Waals surface area contributed by atoms with E-state index < -0.39 is 28.5 Å². The van der Waals surface area contributed by atoms with Crippen LogP contribution in [0, 0.1) is 6.92 Å². The Kier molecular flexibility index (Phi) is 10.3. The van der Waals surface area contributed by atoms with Gasteiger partial charge in [0.2, 0.25) is 11.8 Å². The van der Waals surface area contributed by atoms with Crippen molar-refractivity contribution in [3.05, 3.63) is 94.0 Å². The number of halogens is 2. The fourth-order valence-corrected chi connectivity index (χ4v) is 6.65. The Balaban J connectivity index is 1.68. The molecule has 0 aromatic heterocycles. The molecule has 41 heavy (non-hydrogen) atoms. The van der Waals surface area contributed by atoms with E-state index >= 15 is 0 Å². The number of anilines is 1. The average Bonchev–Trinajstić information content (AvgIpc) is 2.97. The zero-order valence-corrected chi connectivity index (χ0v) is 25.6. The number of carbonyl (C=O) groups excluding carboxylic acids is 2. The van der Waals surface area contributed by atoms with Crippen LogP contribution in [0.3, 0.4) is 0 Å². The van der Waals surface area contributed by atoms with Crippen molar-refractivity contribution in [1.82, 2.24) is 10.2 Å². The van der Waals surface area contributed by atoms with Crippen LogP contribution in [0.25, 0.3) is 0 Å². The van der Waals surface area contributed by atoms with Crippen LogP contribution in [-0.4, -0.2) is 43.8 Å². The lowest BCUT2D eigenvalue weighted by Gasteiger charge is -2.33. The molecule has 10 heteroatoms. The highest BCUT2D eigenvalue weighted by Gasteiger charge is 2.33. The lowest BCUT2D eigenvalue weighted by molar-refractivity contribution is -0.139. The van der Waals surface area contributed by atoms with Crippen molar-refractivity contribution < 1.29 is 18.0 Å². The largest absolute Gasteiger partial charge is 0.352 e. The van der Waals surface area contributed by atoms with E-state index in [4.69, 9.17) is 23.2 Å². The molecule has 1 aliphatic rings. The molecule has 0 aliphatic heterocycles. The maximum Gasteiger partial charge on any atom is 0.264 e. The summed E-state index contributed by atoms with van der Waals surface area (Å²) < 4.78 is 28.7. The van der Waals surface area contributed by atoms with Crippen molar-refractivity contribution in [3.63, 3.8) is 0 Å². The molecule has 1 N–H and O–H groups in total. The Hall–Kier alpha value is -3.07. The molecule has 0 unspecified atom stereocenters. The molecule has 1 saturated carbocycles. The Morgan fingerprint density at radius 3 is 2.22 bits per heavy atom. The molecule has 3 aromatic rings. The van der Waals surface area contributed by atoms with Gasteiger partial charge < -0.3 is 10.2 Å². The zero-order valence-electron chi connectivity index (χ0n) is 23.2. The smallest absolute Gasteiger partial charge is 0.264 e. The number of sulfonamides is 1. The lowest BCUT2D eigenvalue weighted by Crippen LogP contribution is -2.53. The maximum atomic E-state index is 14.0. The SMILES string of the molecule is Cc1ccc(CN(C(=O)CN(c2ccc(Cl)c(Cl)c2)S(=O)(=O)c2ccccc2)[C@@H](C)C(=O)NC2CCCCC2)cc1. The van der Waals surface area contributed by atoms with Crippen molar-refractivity contribution in [1.29, 1.82) is 0 Å². The minimum Gasteiger partial charge on any atom is -0.352 e. The summed E-state index contributed by atoms with van der Waals surface area (Å²) in [4.78, 5) is 28.9. The van der Waals surface area contributed by atoms with Crippen LogP contribution in [-0.2, 0) is 26.2 Å². The summed E-state index contributed by atoms with van der Waals surface area (Å²) in [6, 6.07) is 19.2. The van der Waals surface area contributed by atoms with Gasteiger partial charge in [-0.25, -0.2) is 8.42 Å². The molecule has 1 atom stereocenters. The minimum atomic E-state index is -4.18. The van der Waals surface area contributed by atoms with Gasteiger partial charge in [-0.05, 0) is 62.6 Å². The van der Waals surface area contributed by atoms with Crippen molar-refractivity contribution in [2.45, 2.75) is 69.5 Å². The normalized spacial score (nSPS) is 14.7. The molecular weight excluding hydrogens is 581 g/mol. The van der Waals surface area contributed by atoms with Gasteiger partial charge in [0.25, 0.3) is 10.0 Å². The molecule has 0 heterocycles. The third-order valence-corrected chi connectivity index (χ3v) is 9.92. The van der Waals surface area contributed by atoms with Gasteiger partial charge in [-0.15, -0.1) is 0 Å². The molecule has 1 aliphatic carbocycles. The quantitative estimate of drug-likeness (QED) is 0.287. The summed E-state index contributed by atoms with van der Waals surface area (Å²) in [6.07, 6.45) is 5.08. The first-order valence-corrected chi connectivity index (χ1v) is 15.9. The first kappa shape index (κ1) is 30.9. The van der Waals surface area contributed by atoms with Crippen molar-refractivity contribution in [2.24, 2.45) is 0 Å². The van der Waals surface area contributed by atoms with E-state index in [2.05, 4.69) is 5.32 Å². The van der Waals surface area contributed by atoms with Crippen molar-refractivity contribution in [3.8, 4) is 0 Å². The van der Waals surface area contributed by atoms with Gasteiger partial charge in [0.15, 0.2) is 0 Å². The number of amides is 2. The van der Waals surface area contributed by atoms with Crippen molar-refractivity contribution in [2.75, 3.05) is 10.8 Å². The van der Waals surface area contributed by atoms with Crippen LogP contribution >= 0.6 is 23.2 Å². The van der Waals surface area contributed by atoms with Crippen LogP contribution in [0.5, 0.6) is 0 Å². The number of hydrogen-bond donors (Lipinski definition) is 1. The molecule has 0 saturated heterocycles. The fraction of sp³-hybridized carbons (Fsp3) is 0.355. The highest BCUT2D eigenvalue weighted by atomic mass is 35.5. The van der Waals surface area contributed by atoms with Gasteiger partial charge in [-0.1, -0.05) is 90.5 Å². The Bertz CT molecular complexity index is 1460. The number of nitrogens with one attached hydrogen (secondary N) is 1. The van der Waals surface area contributed by atoms with E-state index in [1.54, 1.807) is 25.1 Å². The molecular formula is C31H35Cl2N3O4S. The third-order valence-electron chi connectivity index (χ3n) is 7.39. The highest BCUT2D eigenvalue weighted by molar-refractivity contribution is 7.92. The van der Waals surface area contributed by atoms with Gasteiger partial charge in [0.1, 0.15) is 12.6 Å². The maximum absolute atomic E-state index is 14.0. The first-order chi connectivity index (χ1) is 19.6. The number of aryl methyl sites for hydroxylation is 1. The van der Waals surface area contributed by atoms with Gasteiger partial charge in [0, 0.05) is 12.6 Å². The number of nitrogens with zero attached hydrogens (tertiary/aromatic N) is 2. The number of rotatable bonds is 10. The Morgan fingerprint density at radius 2 is 1.59 bits per heavy atom.